The van der Waals surface area contributed by atoms with Crippen molar-refractivity contribution in [2.75, 3.05) is 0 Å². The summed E-state index contributed by atoms with van der Waals surface area (Å²) in [6.07, 6.45) is 1.92. The van der Waals surface area contributed by atoms with Crippen molar-refractivity contribution in [1.29, 1.82) is 0 Å². The molecule has 1 aliphatic carbocycles. The van der Waals surface area contributed by atoms with Crippen molar-refractivity contribution in [3.8, 4) is 0 Å². The van der Waals surface area contributed by atoms with Crippen LogP contribution < -0.4 is 0 Å². The first-order valence-electron chi connectivity index (χ1n) is 4.77. The molecule has 0 spiro atoms. The predicted octanol–water partition coefficient (Wildman–Crippen LogP) is 3.04. The van der Waals surface area contributed by atoms with Crippen LogP contribution in [0.1, 0.15) is 47.5 Å². The lowest BCUT2D eigenvalue weighted by molar-refractivity contribution is -0.133. The van der Waals surface area contributed by atoms with Crippen molar-refractivity contribution in [2.24, 2.45) is 16.7 Å². The van der Waals surface area contributed by atoms with E-state index in [9.17, 15) is 4.79 Å². The molecule has 0 saturated heterocycles. The molecule has 0 aromatic heterocycles. The first-order chi connectivity index (χ1) is 5.25. The van der Waals surface area contributed by atoms with Gasteiger partial charge in [0.2, 0.25) is 0 Å². The SMILES string of the molecule is CC1C(=O)CC(C)(C)CC1(C)C. The minimum Gasteiger partial charge on any atom is -0.299 e. The number of carbonyl (C=O) groups excluding carboxylic acids is 1. The first-order valence-corrected chi connectivity index (χ1v) is 4.77. The van der Waals surface area contributed by atoms with Crippen LogP contribution in [-0.2, 0) is 4.79 Å². The van der Waals surface area contributed by atoms with Crippen LogP contribution in [0.5, 0.6) is 0 Å². The Labute approximate surface area is 75.5 Å². The molecular weight excluding hydrogens is 148 g/mol. The summed E-state index contributed by atoms with van der Waals surface area (Å²) in [6, 6.07) is 0. The van der Waals surface area contributed by atoms with Gasteiger partial charge in [-0.25, -0.2) is 0 Å². The largest absolute Gasteiger partial charge is 0.299 e. The van der Waals surface area contributed by atoms with Crippen LogP contribution in [0, 0.1) is 16.7 Å². The molecule has 0 N–H and O–H groups in total. The van der Waals surface area contributed by atoms with Crippen LogP contribution >= 0.6 is 0 Å². The van der Waals surface area contributed by atoms with Crippen LogP contribution in [0.25, 0.3) is 0 Å². The molecule has 1 aliphatic rings. The zero-order chi connectivity index (χ0) is 9.57. The molecule has 1 fully saturated rings. The van der Waals surface area contributed by atoms with Crippen molar-refractivity contribution in [2.45, 2.75) is 47.5 Å². The van der Waals surface area contributed by atoms with Crippen molar-refractivity contribution in [3.63, 3.8) is 0 Å². The standard InChI is InChI=1S/C11H20O/c1-8-9(12)6-10(2,3)7-11(8,4)5/h8H,6-7H2,1-5H3. The maximum atomic E-state index is 11.6. The molecule has 1 unspecified atom stereocenters. The summed E-state index contributed by atoms with van der Waals surface area (Å²) < 4.78 is 0. The van der Waals surface area contributed by atoms with Gasteiger partial charge in [-0.05, 0) is 17.3 Å². The summed E-state index contributed by atoms with van der Waals surface area (Å²) in [6.45, 7) is 10.9. The fourth-order valence-corrected chi connectivity index (χ4v) is 2.51. The van der Waals surface area contributed by atoms with Gasteiger partial charge < -0.3 is 0 Å². The fraction of sp³-hybridized carbons (Fsp3) is 0.909. The summed E-state index contributed by atoms with van der Waals surface area (Å²) in [4.78, 5) is 11.6. The minimum absolute atomic E-state index is 0.193. The van der Waals surface area contributed by atoms with Crippen molar-refractivity contribution in [1.82, 2.24) is 0 Å². The van der Waals surface area contributed by atoms with E-state index in [4.69, 9.17) is 0 Å². The van der Waals surface area contributed by atoms with Gasteiger partial charge >= 0.3 is 0 Å². The minimum atomic E-state index is 0.193. The number of Topliss-reactive ketones (excluding diaryl/α,β-unsaturated/α-hetero) is 1. The lowest BCUT2D eigenvalue weighted by Gasteiger charge is -2.44. The van der Waals surface area contributed by atoms with E-state index in [0.29, 0.717) is 5.78 Å². The van der Waals surface area contributed by atoms with E-state index < -0.39 is 0 Å². The van der Waals surface area contributed by atoms with Gasteiger partial charge in [-0.3, -0.25) is 4.79 Å². The van der Waals surface area contributed by atoms with Crippen LogP contribution in [0.4, 0.5) is 0 Å². The molecule has 1 heteroatoms. The molecule has 1 nitrogen and oxygen atoms in total. The highest BCUT2D eigenvalue weighted by Gasteiger charge is 2.42. The van der Waals surface area contributed by atoms with Gasteiger partial charge in [0, 0.05) is 12.3 Å². The zero-order valence-corrected chi connectivity index (χ0v) is 8.90. The second kappa shape index (κ2) is 2.58. The molecule has 12 heavy (non-hydrogen) atoms. The van der Waals surface area contributed by atoms with Crippen molar-refractivity contribution >= 4 is 5.78 Å². The Morgan fingerprint density at radius 1 is 1.25 bits per heavy atom. The Kier molecular flexibility index (Phi) is 2.10. The van der Waals surface area contributed by atoms with E-state index in [1.807, 2.05) is 0 Å². The van der Waals surface area contributed by atoms with E-state index >= 15 is 0 Å². The summed E-state index contributed by atoms with van der Waals surface area (Å²) in [5.41, 5.74) is 0.409. The average molecular weight is 168 g/mol. The number of hydrogen-bond donors (Lipinski definition) is 0. The fourth-order valence-electron chi connectivity index (χ4n) is 2.51. The molecule has 0 aromatic rings. The van der Waals surface area contributed by atoms with Gasteiger partial charge in [0.25, 0.3) is 0 Å². The molecule has 0 aliphatic heterocycles. The number of rotatable bonds is 0. The van der Waals surface area contributed by atoms with Gasteiger partial charge in [-0.1, -0.05) is 34.6 Å². The number of carbonyl (C=O) groups is 1. The Morgan fingerprint density at radius 2 is 1.75 bits per heavy atom. The van der Waals surface area contributed by atoms with Gasteiger partial charge in [-0.15, -0.1) is 0 Å². The second-order valence-electron chi connectivity index (χ2n) is 5.69. The lowest BCUT2D eigenvalue weighted by atomic mass is 9.60. The number of ketones is 1. The third-order valence-electron chi connectivity index (χ3n) is 3.24. The smallest absolute Gasteiger partial charge is 0.136 e. The normalized spacial score (nSPS) is 33.4. The third kappa shape index (κ3) is 1.70. The zero-order valence-electron chi connectivity index (χ0n) is 8.90. The quantitative estimate of drug-likeness (QED) is 0.543. The van der Waals surface area contributed by atoms with Crippen molar-refractivity contribution < 1.29 is 4.79 Å². The average Bonchev–Trinajstić information content (AvgIpc) is 1.79. The number of hydrogen-bond acceptors (Lipinski definition) is 1. The van der Waals surface area contributed by atoms with E-state index in [0.717, 1.165) is 12.8 Å². The molecule has 1 atom stereocenters. The molecule has 0 radical (unpaired) electrons. The Bertz CT molecular complexity index is 201. The van der Waals surface area contributed by atoms with Crippen LogP contribution in [0.2, 0.25) is 0 Å². The second-order valence-corrected chi connectivity index (χ2v) is 5.69. The Balaban J connectivity index is 2.87. The Hall–Kier alpha value is -0.330. The van der Waals surface area contributed by atoms with Gasteiger partial charge in [-0.2, -0.15) is 0 Å². The van der Waals surface area contributed by atoms with Crippen LogP contribution in [-0.4, -0.2) is 5.78 Å². The predicted molar refractivity (Wildman–Crippen MR) is 51.0 cm³/mol. The molecule has 0 bridgehead atoms. The van der Waals surface area contributed by atoms with E-state index in [-0.39, 0.29) is 16.7 Å². The van der Waals surface area contributed by atoms with Crippen LogP contribution in [0.3, 0.4) is 0 Å². The monoisotopic (exact) mass is 168 g/mol. The maximum absolute atomic E-state index is 11.6. The molecule has 1 saturated carbocycles. The van der Waals surface area contributed by atoms with Gasteiger partial charge in [0.05, 0.1) is 0 Å². The summed E-state index contributed by atoms with van der Waals surface area (Å²) in [7, 11) is 0. The highest BCUT2D eigenvalue weighted by atomic mass is 16.1. The van der Waals surface area contributed by atoms with Crippen LogP contribution in [0.15, 0.2) is 0 Å². The van der Waals surface area contributed by atoms with Crippen molar-refractivity contribution in [3.05, 3.63) is 0 Å². The van der Waals surface area contributed by atoms with E-state index in [1.165, 1.54) is 0 Å². The molecule has 0 heterocycles. The highest BCUT2D eigenvalue weighted by Crippen LogP contribution is 2.46. The first kappa shape index (κ1) is 9.76. The summed E-state index contributed by atoms with van der Waals surface area (Å²) in [5, 5.41) is 0. The highest BCUT2D eigenvalue weighted by molar-refractivity contribution is 5.82. The molecule has 70 valence electrons. The van der Waals surface area contributed by atoms with E-state index in [1.54, 1.807) is 0 Å². The maximum Gasteiger partial charge on any atom is 0.136 e. The molecule has 0 aromatic carbocycles. The lowest BCUT2D eigenvalue weighted by Crippen LogP contribution is -2.41. The Morgan fingerprint density at radius 3 is 2.17 bits per heavy atom. The molecule has 1 rings (SSSR count). The van der Waals surface area contributed by atoms with E-state index in [2.05, 4.69) is 34.6 Å². The molecular formula is C11H20O. The summed E-state index contributed by atoms with van der Waals surface area (Å²) in [5.74, 6) is 0.682. The topological polar surface area (TPSA) is 17.1 Å². The van der Waals surface area contributed by atoms with Gasteiger partial charge in [0.1, 0.15) is 5.78 Å². The molecule has 0 amide bonds. The van der Waals surface area contributed by atoms with Gasteiger partial charge in [0.15, 0.2) is 0 Å². The third-order valence-corrected chi connectivity index (χ3v) is 3.24. The summed E-state index contributed by atoms with van der Waals surface area (Å²) >= 11 is 0.